The molecule has 0 aromatic carbocycles. The fourth-order valence-electron chi connectivity index (χ4n) is 2.57. The first kappa shape index (κ1) is 17.2. The SMILES string of the molecule is CCN(CC)S(=O)(=O)CCNC(=O)N1CCc2sccc2C1. The highest BCUT2D eigenvalue weighted by atomic mass is 32.2. The van der Waals surface area contributed by atoms with Crippen molar-refractivity contribution in [3.05, 3.63) is 21.9 Å². The van der Waals surface area contributed by atoms with Crippen LogP contribution in [0.3, 0.4) is 0 Å². The molecule has 1 aliphatic rings. The van der Waals surface area contributed by atoms with Gasteiger partial charge >= 0.3 is 6.03 Å². The molecule has 0 atom stereocenters. The Morgan fingerprint density at radius 1 is 1.41 bits per heavy atom. The maximum Gasteiger partial charge on any atom is 0.317 e. The van der Waals surface area contributed by atoms with Crippen LogP contribution in [-0.4, -0.2) is 55.6 Å². The minimum Gasteiger partial charge on any atom is -0.337 e. The van der Waals surface area contributed by atoms with E-state index in [0.29, 0.717) is 26.2 Å². The molecule has 0 fully saturated rings. The largest absolute Gasteiger partial charge is 0.337 e. The maximum atomic E-state index is 12.1. The van der Waals surface area contributed by atoms with Crippen molar-refractivity contribution in [2.24, 2.45) is 0 Å². The van der Waals surface area contributed by atoms with Crippen molar-refractivity contribution in [3.8, 4) is 0 Å². The molecule has 0 saturated carbocycles. The van der Waals surface area contributed by atoms with Gasteiger partial charge in [0.2, 0.25) is 10.0 Å². The fourth-order valence-corrected chi connectivity index (χ4v) is 4.86. The molecule has 1 aliphatic heterocycles. The van der Waals surface area contributed by atoms with E-state index in [1.54, 1.807) is 16.2 Å². The highest BCUT2D eigenvalue weighted by molar-refractivity contribution is 7.89. The number of nitrogens with zero attached hydrogens (tertiary/aromatic N) is 2. The summed E-state index contributed by atoms with van der Waals surface area (Å²) >= 11 is 1.73. The van der Waals surface area contributed by atoms with Gasteiger partial charge in [0.05, 0.1) is 5.75 Å². The third kappa shape index (κ3) is 3.99. The Morgan fingerprint density at radius 2 is 2.14 bits per heavy atom. The molecule has 0 saturated heterocycles. The summed E-state index contributed by atoms with van der Waals surface area (Å²) in [6, 6.07) is 1.86. The molecule has 1 N–H and O–H groups in total. The van der Waals surface area contributed by atoms with E-state index in [4.69, 9.17) is 0 Å². The number of fused-ring (bicyclic) bond motifs is 1. The molecule has 0 unspecified atom stereocenters. The second kappa shape index (κ2) is 7.43. The number of sulfonamides is 1. The van der Waals surface area contributed by atoms with Gasteiger partial charge in [-0.05, 0) is 23.4 Å². The van der Waals surface area contributed by atoms with E-state index >= 15 is 0 Å². The normalized spacial score (nSPS) is 15.0. The lowest BCUT2D eigenvalue weighted by Gasteiger charge is -2.27. The summed E-state index contributed by atoms with van der Waals surface area (Å²) in [5, 5.41) is 4.76. The van der Waals surface area contributed by atoms with E-state index in [0.717, 1.165) is 6.42 Å². The van der Waals surface area contributed by atoms with Crippen LogP contribution in [0.2, 0.25) is 0 Å². The third-order valence-corrected chi connectivity index (χ3v) is 6.88. The third-order valence-electron chi connectivity index (χ3n) is 3.83. The van der Waals surface area contributed by atoms with Crippen LogP contribution >= 0.6 is 11.3 Å². The van der Waals surface area contributed by atoms with Crippen LogP contribution < -0.4 is 5.32 Å². The molecule has 124 valence electrons. The number of hydrogen-bond donors (Lipinski definition) is 1. The minimum absolute atomic E-state index is 0.0576. The molecule has 2 amide bonds. The number of thiophene rings is 1. The summed E-state index contributed by atoms with van der Waals surface area (Å²) in [4.78, 5) is 15.2. The Hall–Kier alpha value is -1.12. The monoisotopic (exact) mass is 345 g/mol. The van der Waals surface area contributed by atoms with Crippen molar-refractivity contribution in [1.29, 1.82) is 0 Å². The lowest BCUT2D eigenvalue weighted by Crippen LogP contribution is -2.44. The molecule has 1 aromatic rings. The number of carbonyl (C=O) groups excluding carboxylic acids is 1. The number of carbonyl (C=O) groups is 1. The molecule has 2 heterocycles. The van der Waals surface area contributed by atoms with E-state index in [1.807, 2.05) is 25.3 Å². The first-order valence-corrected chi connectivity index (χ1v) is 10.0. The van der Waals surface area contributed by atoms with Gasteiger partial charge in [0, 0.05) is 37.6 Å². The Labute approximate surface area is 136 Å². The minimum atomic E-state index is -3.29. The number of hydrogen-bond acceptors (Lipinski definition) is 4. The Kier molecular flexibility index (Phi) is 5.82. The van der Waals surface area contributed by atoms with Gasteiger partial charge in [0.15, 0.2) is 0 Å². The molecular weight excluding hydrogens is 322 g/mol. The van der Waals surface area contributed by atoms with Gasteiger partial charge in [0.1, 0.15) is 0 Å². The van der Waals surface area contributed by atoms with Gasteiger partial charge in [-0.2, -0.15) is 0 Å². The number of amides is 2. The first-order valence-electron chi connectivity index (χ1n) is 7.53. The summed E-state index contributed by atoms with van der Waals surface area (Å²) in [6.45, 7) is 5.97. The molecule has 6 nitrogen and oxygen atoms in total. The second-order valence-corrected chi connectivity index (χ2v) is 8.26. The Bertz CT molecular complexity index is 609. The van der Waals surface area contributed by atoms with E-state index in [2.05, 4.69) is 5.32 Å². The quantitative estimate of drug-likeness (QED) is 0.849. The number of urea groups is 1. The Morgan fingerprint density at radius 3 is 2.82 bits per heavy atom. The van der Waals surface area contributed by atoms with Crippen LogP contribution in [0.4, 0.5) is 4.79 Å². The molecule has 0 aliphatic carbocycles. The average Bonchev–Trinajstić information content (AvgIpc) is 2.95. The average molecular weight is 345 g/mol. The smallest absolute Gasteiger partial charge is 0.317 e. The summed E-state index contributed by atoms with van der Waals surface area (Å²) in [5.41, 5.74) is 1.20. The van der Waals surface area contributed by atoms with Crippen LogP contribution in [-0.2, 0) is 23.0 Å². The predicted octanol–water partition coefficient (Wildman–Crippen LogP) is 1.49. The zero-order valence-electron chi connectivity index (χ0n) is 13.0. The van der Waals surface area contributed by atoms with Gasteiger partial charge in [-0.25, -0.2) is 17.5 Å². The van der Waals surface area contributed by atoms with Crippen molar-refractivity contribution in [1.82, 2.24) is 14.5 Å². The number of rotatable bonds is 6. The van der Waals surface area contributed by atoms with Gasteiger partial charge in [-0.3, -0.25) is 0 Å². The Balaban J connectivity index is 1.82. The van der Waals surface area contributed by atoms with Gasteiger partial charge in [0.25, 0.3) is 0 Å². The predicted molar refractivity (Wildman–Crippen MR) is 88.5 cm³/mol. The maximum absolute atomic E-state index is 12.1. The number of nitrogens with one attached hydrogen (secondary N) is 1. The van der Waals surface area contributed by atoms with Crippen LogP contribution in [0.1, 0.15) is 24.3 Å². The van der Waals surface area contributed by atoms with E-state index in [-0.39, 0.29) is 18.3 Å². The van der Waals surface area contributed by atoms with Crippen molar-refractivity contribution in [2.75, 3.05) is 31.9 Å². The van der Waals surface area contributed by atoms with Gasteiger partial charge < -0.3 is 10.2 Å². The summed E-state index contributed by atoms with van der Waals surface area (Å²) in [7, 11) is -3.29. The van der Waals surface area contributed by atoms with Crippen molar-refractivity contribution in [2.45, 2.75) is 26.8 Å². The molecular formula is C14H23N3O3S2. The highest BCUT2D eigenvalue weighted by Crippen LogP contribution is 2.23. The van der Waals surface area contributed by atoms with Crippen LogP contribution in [0.15, 0.2) is 11.4 Å². The van der Waals surface area contributed by atoms with Gasteiger partial charge in [-0.1, -0.05) is 13.8 Å². The van der Waals surface area contributed by atoms with Gasteiger partial charge in [-0.15, -0.1) is 11.3 Å². The molecule has 1 aromatic heterocycles. The fraction of sp³-hybridized carbons (Fsp3) is 0.643. The molecule has 8 heteroatoms. The summed E-state index contributed by atoms with van der Waals surface area (Å²) in [5.74, 6) is -0.0576. The molecule has 0 radical (unpaired) electrons. The van der Waals surface area contributed by atoms with E-state index in [9.17, 15) is 13.2 Å². The van der Waals surface area contributed by atoms with Crippen LogP contribution in [0, 0.1) is 0 Å². The zero-order chi connectivity index (χ0) is 16.2. The van der Waals surface area contributed by atoms with Crippen molar-refractivity contribution < 1.29 is 13.2 Å². The topological polar surface area (TPSA) is 69.7 Å². The zero-order valence-corrected chi connectivity index (χ0v) is 14.7. The van der Waals surface area contributed by atoms with Crippen molar-refractivity contribution >= 4 is 27.4 Å². The summed E-state index contributed by atoms with van der Waals surface area (Å²) in [6.07, 6.45) is 0.873. The highest BCUT2D eigenvalue weighted by Gasteiger charge is 2.22. The van der Waals surface area contributed by atoms with E-state index in [1.165, 1.54) is 14.7 Å². The molecule has 2 rings (SSSR count). The molecule has 0 spiro atoms. The molecule has 22 heavy (non-hydrogen) atoms. The van der Waals surface area contributed by atoms with Crippen LogP contribution in [0.5, 0.6) is 0 Å². The molecule has 0 bridgehead atoms. The standard InChI is InChI=1S/C14H23N3O3S2/c1-3-17(4-2)22(19,20)10-7-15-14(18)16-8-5-13-12(11-16)6-9-21-13/h6,9H,3-5,7-8,10-11H2,1-2H3,(H,15,18). The van der Waals surface area contributed by atoms with Crippen LogP contribution in [0.25, 0.3) is 0 Å². The lowest BCUT2D eigenvalue weighted by molar-refractivity contribution is 0.193. The second-order valence-electron chi connectivity index (χ2n) is 5.17. The van der Waals surface area contributed by atoms with Crippen molar-refractivity contribution in [3.63, 3.8) is 0 Å². The lowest BCUT2D eigenvalue weighted by atomic mass is 10.1. The first-order chi connectivity index (χ1) is 10.5. The summed E-state index contributed by atoms with van der Waals surface area (Å²) < 4.78 is 25.5. The van der Waals surface area contributed by atoms with E-state index < -0.39 is 10.0 Å².